The third-order valence-electron chi connectivity index (χ3n) is 4.29. The molecule has 104 valence electrons. The lowest BCUT2D eigenvalue weighted by molar-refractivity contribution is -0.139. The Morgan fingerprint density at radius 1 is 1.32 bits per heavy atom. The second-order valence-corrected chi connectivity index (χ2v) is 5.60. The summed E-state index contributed by atoms with van der Waals surface area (Å²) >= 11 is 0. The number of hydrogen-bond donors (Lipinski definition) is 0. The molecule has 1 aromatic carbocycles. The van der Waals surface area contributed by atoms with Gasteiger partial charge in [0.25, 0.3) is 0 Å². The summed E-state index contributed by atoms with van der Waals surface area (Å²) in [6.45, 7) is 0.649. The van der Waals surface area contributed by atoms with Crippen LogP contribution in [0.3, 0.4) is 0 Å². The summed E-state index contributed by atoms with van der Waals surface area (Å²) in [6, 6.07) is 8.36. The van der Waals surface area contributed by atoms with Gasteiger partial charge >= 0.3 is 0 Å². The number of rotatable bonds is 1. The highest BCUT2D eigenvalue weighted by Crippen LogP contribution is 2.46. The number of ether oxygens (including phenoxy) is 1. The first-order valence-corrected chi connectivity index (χ1v) is 6.54. The molecule has 1 aliphatic carbocycles. The summed E-state index contributed by atoms with van der Waals surface area (Å²) in [4.78, 5) is 14.3. The van der Waals surface area contributed by atoms with Crippen LogP contribution in [0.5, 0.6) is 0 Å². The van der Waals surface area contributed by atoms with Crippen LogP contribution in [0.25, 0.3) is 0 Å². The lowest BCUT2D eigenvalue weighted by Crippen LogP contribution is -2.46. The second-order valence-electron chi connectivity index (χ2n) is 5.60. The summed E-state index contributed by atoms with van der Waals surface area (Å²) in [5.41, 5.74) is 2.14. The first-order valence-electron chi connectivity index (χ1n) is 6.54. The summed E-state index contributed by atoms with van der Waals surface area (Å²) < 4.78 is 6.01. The first kappa shape index (κ1) is 14.5. The lowest BCUT2D eigenvalue weighted by atomic mass is 9.76. The maximum absolute atomic E-state index is 12.3. The van der Waals surface area contributed by atoms with Crippen molar-refractivity contribution in [2.45, 2.75) is 37.5 Å². The zero-order chi connectivity index (χ0) is 12.8. The van der Waals surface area contributed by atoms with Crippen LogP contribution in [0.2, 0.25) is 0 Å². The molecule has 1 heterocycles. The molecule has 3 nitrogen and oxygen atoms in total. The highest BCUT2D eigenvalue weighted by atomic mass is 35.5. The number of halogens is 1. The molecule has 2 atom stereocenters. The number of hydrogen-bond acceptors (Lipinski definition) is 3. The predicted molar refractivity (Wildman–Crippen MR) is 76.5 cm³/mol. The molecule has 0 radical (unpaired) electrons. The fourth-order valence-electron chi connectivity index (χ4n) is 3.30. The van der Waals surface area contributed by atoms with Crippen molar-refractivity contribution in [2.75, 3.05) is 14.1 Å². The molecule has 0 aromatic heterocycles. The number of nitrogens with zero attached hydrogens (tertiary/aromatic N) is 1. The van der Waals surface area contributed by atoms with E-state index in [0.717, 1.165) is 12.8 Å². The number of ketones is 1. The molecular weight excluding hydrogens is 262 g/mol. The van der Waals surface area contributed by atoms with Gasteiger partial charge in [-0.1, -0.05) is 24.3 Å². The van der Waals surface area contributed by atoms with Gasteiger partial charge in [0.2, 0.25) is 0 Å². The quantitative estimate of drug-likeness (QED) is 0.792. The summed E-state index contributed by atoms with van der Waals surface area (Å²) in [6.07, 6.45) is 2.35. The van der Waals surface area contributed by atoms with Gasteiger partial charge in [-0.25, -0.2) is 0 Å². The second kappa shape index (κ2) is 5.23. The van der Waals surface area contributed by atoms with E-state index < -0.39 is 0 Å². The Labute approximate surface area is 120 Å². The molecular formula is C15H20ClNO2. The highest BCUT2D eigenvalue weighted by Gasteiger charge is 2.46. The minimum absolute atomic E-state index is 0. The van der Waals surface area contributed by atoms with Gasteiger partial charge in [0.1, 0.15) is 5.60 Å². The smallest absolute Gasteiger partial charge is 0.153 e. The third kappa shape index (κ3) is 2.31. The van der Waals surface area contributed by atoms with Crippen molar-refractivity contribution in [2.24, 2.45) is 0 Å². The number of benzene rings is 1. The molecule has 1 aliphatic heterocycles. The molecule has 1 aromatic rings. The molecule has 19 heavy (non-hydrogen) atoms. The zero-order valence-electron chi connectivity index (χ0n) is 11.4. The first-order chi connectivity index (χ1) is 8.62. The van der Waals surface area contributed by atoms with Crippen molar-refractivity contribution in [3.8, 4) is 0 Å². The summed E-state index contributed by atoms with van der Waals surface area (Å²) in [5.74, 6) is 0.308. The van der Waals surface area contributed by atoms with Crippen LogP contribution < -0.4 is 0 Å². The zero-order valence-corrected chi connectivity index (χ0v) is 12.2. The van der Waals surface area contributed by atoms with Crippen LogP contribution in [0.1, 0.15) is 30.4 Å². The van der Waals surface area contributed by atoms with Crippen LogP contribution in [-0.4, -0.2) is 30.8 Å². The van der Waals surface area contributed by atoms with Crippen LogP contribution in [0.4, 0.5) is 0 Å². The van der Waals surface area contributed by atoms with Crippen molar-refractivity contribution in [3.05, 3.63) is 35.4 Å². The monoisotopic (exact) mass is 281 g/mol. The van der Waals surface area contributed by atoms with E-state index in [4.69, 9.17) is 4.74 Å². The standard InChI is InChI=1S/C15H19NO2.ClH/c1-16(2)13-7-8-15(9-14(13)17)12-6-4-3-5-11(12)10-18-15;/h3-6,13H,7-10H2,1-2H3;1H. The van der Waals surface area contributed by atoms with Gasteiger partial charge in [0.05, 0.1) is 12.6 Å². The third-order valence-corrected chi connectivity index (χ3v) is 4.29. The molecule has 0 N–H and O–H groups in total. The fraction of sp³-hybridized carbons (Fsp3) is 0.533. The van der Waals surface area contributed by atoms with E-state index in [0.29, 0.717) is 18.8 Å². The van der Waals surface area contributed by atoms with Gasteiger partial charge in [-0.2, -0.15) is 0 Å². The molecule has 0 bridgehead atoms. The Hall–Kier alpha value is -0.900. The molecule has 3 rings (SSSR count). The molecule has 2 unspecified atom stereocenters. The van der Waals surface area contributed by atoms with Crippen molar-refractivity contribution >= 4 is 18.2 Å². The van der Waals surface area contributed by atoms with Gasteiger partial charge in [-0.15, -0.1) is 12.4 Å². The maximum Gasteiger partial charge on any atom is 0.153 e. The highest BCUT2D eigenvalue weighted by molar-refractivity contribution is 5.86. The van der Waals surface area contributed by atoms with E-state index in [-0.39, 0.29) is 24.0 Å². The van der Waals surface area contributed by atoms with E-state index in [2.05, 4.69) is 12.1 Å². The lowest BCUT2D eigenvalue weighted by Gasteiger charge is -2.38. The fourth-order valence-corrected chi connectivity index (χ4v) is 3.30. The van der Waals surface area contributed by atoms with Crippen molar-refractivity contribution in [3.63, 3.8) is 0 Å². The molecule has 0 saturated heterocycles. The molecule has 1 fully saturated rings. The Balaban J connectivity index is 0.00000133. The van der Waals surface area contributed by atoms with Crippen molar-refractivity contribution in [1.82, 2.24) is 4.90 Å². The van der Waals surface area contributed by atoms with Gasteiger partial charge in [-0.3, -0.25) is 9.69 Å². The molecule has 1 saturated carbocycles. The van der Waals surface area contributed by atoms with Crippen molar-refractivity contribution < 1.29 is 9.53 Å². The van der Waals surface area contributed by atoms with E-state index in [1.165, 1.54) is 11.1 Å². The average Bonchev–Trinajstić information content (AvgIpc) is 2.69. The average molecular weight is 282 g/mol. The Bertz CT molecular complexity index is 489. The van der Waals surface area contributed by atoms with E-state index in [1.807, 2.05) is 31.1 Å². The molecule has 4 heteroatoms. The van der Waals surface area contributed by atoms with E-state index in [9.17, 15) is 4.79 Å². The Morgan fingerprint density at radius 3 is 2.74 bits per heavy atom. The summed E-state index contributed by atoms with van der Waals surface area (Å²) in [5, 5.41) is 0. The number of fused-ring (bicyclic) bond motifs is 2. The van der Waals surface area contributed by atoms with Crippen LogP contribution in [0.15, 0.2) is 24.3 Å². The van der Waals surface area contributed by atoms with Gasteiger partial charge in [-0.05, 0) is 38.1 Å². The topological polar surface area (TPSA) is 29.5 Å². The minimum atomic E-state index is -0.333. The Morgan fingerprint density at radius 2 is 2.05 bits per heavy atom. The minimum Gasteiger partial charge on any atom is -0.365 e. The van der Waals surface area contributed by atoms with E-state index in [1.54, 1.807) is 0 Å². The number of carbonyl (C=O) groups excluding carboxylic acids is 1. The summed E-state index contributed by atoms with van der Waals surface area (Å²) in [7, 11) is 3.95. The van der Waals surface area contributed by atoms with Gasteiger partial charge < -0.3 is 4.74 Å². The van der Waals surface area contributed by atoms with Gasteiger partial charge in [0, 0.05) is 6.42 Å². The SMILES string of the molecule is CN(C)C1CCC2(CC1=O)OCc1ccccc12.Cl. The normalized spacial score (nSPS) is 29.4. The number of likely N-dealkylation sites (N-methyl/N-ethyl adjacent to an activating group) is 1. The number of carbonyl (C=O) groups is 1. The Kier molecular flexibility index (Phi) is 4.00. The largest absolute Gasteiger partial charge is 0.365 e. The maximum atomic E-state index is 12.3. The molecule has 1 spiro atoms. The van der Waals surface area contributed by atoms with Crippen molar-refractivity contribution in [1.29, 1.82) is 0 Å². The van der Waals surface area contributed by atoms with Crippen LogP contribution in [-0.2, 0) is 21.7 Å². The van der Waals surface area contributed by atoms with Crippen LogP contribution in [0, 0.1) is 0 Å². The predicted octanol–water partition coefficient (Wildman–Crippen LogP) is 2.52. The van der Waals surface area contributed by atoms with E-state index >= 15 is 0 Å². The van der Waals surface area contributed by atoms with Crippen LogP contribution >= 0.6 is 12.4 Å². The molecule has 2 aliphatic rings. The number of Topliss-reactive ketones (excluding diaryl/α,β-unsaturated/α-hetero) is 1. The van der Waals surface area contributed by atoms with Gasteiger partial charge in [0.15, 0.2) is 5.78 Å². The molecule has 0 amide bonds.